The van der Waals surface area contributed by atoms with E-state index in [9.17, 15) is 0 Å². The standard InChI is InChI=1S/C13H14ClN3O/c1-3-18-11-6-4-10(5-7-11)17-13-9(2)12(14)15-8-16-13/h4-8H,3H2,1-2H3,(H,15,16,17). The van der Waals surface area contributed by atoms with Gasteiger partial charge in [-0.25, -0.2) is 9.97 Å². The van der Waals surface area contributed by atoms with Gasteiger partial charge in [-0.15, -0.1) is 0 Å². The lowest BCUT2D eigenvalue weighted by Crippen LogP contribution is -1.98. The molecule has 5 heteroatoms. The summed E-state index contributed by atoms with van der Waals surface area (Å²) in [4.78, 5) is 8.07. The van der Waals surface area contributed by atoms with Gasteiger partial charge in [0, 0.05) is 11.3 Å². The number of nitrogens with zero attached hydrogens (tertiary/aromatic N) is 2. The molecule has 0 spiro atoms. The van der Waals surface area contributed by atoms with Gasteiger partial charge < -0.3 is 10.1 Å². The van der Waals surface area contributed by atoms with Crippen molar-refractivity contribution in [1.82, 2.24) is 9.97 Å². The molecule has 18 heavy (non-hydrogen) atoms. The van der Waals surface area contributed by atoms with E-state index in [0.29, 0.717) is 17.6 Å². The van der Waals surface area contributed by atoms with Crippen molar-refractivity contribution in [2.75, 3.05) is 11.9 Å². The number of aromatic nitrogens is 2. The average Bonchev–Trinajstić information content (AvgIpc) is 2.38. The molecule has 1 aromatic carbocycles. The highest BCUT2D eigenvalue weighted by molar-refractivity contribution is 6.30. The fraction of sp³-hybridized carbons (Fsp3) is 0.231. The number of rotatable bonds is 4. The third-order valence-electron chi connectivity index (χ3n) is 2.45. The second-order valence-electron chi connectivity index (χ2n) is 3.72. The quantitative estimate of drug-likeness (QED) is 0.857. The largest absolute Gasteiger partial charge is 0.494 e. The van der Waals surface area contributed by atoms with E-state index in [4.69, 9.17) is 16.3 Å². The molecule has 0 amide bonds. The van der Waals surface area contributed by atoms with Gasteiger partial charge >= 0.3 is 0 Å². The molecule has 4 nitrogen and oxygen atoms in total. The van der Waals surface area contributed by atoms with E-state index >= 15 is 0 Å². The maximum absolute atomic E-state index is 5.94. The van der Waals surface area contributed by atoms with Crippen molar-refractivity contribution in [3.05, 3.63) is 41.3 Å². The molecule has 0 saturated heterocycles. The van der Waals surface area contributed by atoms with Crippen LogP contribution in [0, 0.1) is 6.92 Å². The van der Waals surface area contributed by atoms with Gasteiger partial charge in [0.2, 0.25) is 0 Å². The summed E-state index contributed by atoms with van der Waals surface area (Å²) in [6.45, 7) is 4.49. The van der Waals surface area contributed by atoms with Crippen molar-refractivity contribution in [2.45, 2.75) is 13.8 Å². The second kappa shape index (κ2) is 5.69. The van der Waals surface area contributed by atoms with Crippen molar-refractivity contribution in [3.8, 4) is 5.75 Å². The fourth-order valence-electron chi connectivity index (χ4n) is 1.49. The first-order valence-corrected chi connectivity index (χ1v) is 6.05. The molecule has 0 unspecified atom stereocenters. The molecule has 2 rings (SSSR count). The minimum absolute atomic E-state index is 0.457. The van der Waals surface area contributed by atoms with Crippen LogP contribution in [-0.2, 0) is 0 Å². The Morgan fingerprint density at radius 3 is 2.61 bits per heavy atom. The Labute approximate surface area is 111 Å². The van der Waals surface area contributed by atoms with E-state index in [1.54, 1.807) is 0 Å². The zero-order chi connectivity index (χ0) is 13.0. The van der Waals surface area contributed by atoms with E-state index in [-0.39, 0.29) is 0 Å². The molecular weight excluding hydrogens is 250 g/mol. The zero-order valence-electron chi connectivity index (χ0n) is 10.3. The van der Waals surface area contributed by atoms with Crippen LogP contribution < -0.4 is 10.1 Å². The maximum Gasteiger partial charge on any atom is 0.138 e. The topological polar surface area (TPSA) is 47.0 Å². The molecule has 0 aliphatic rings. The number of benzene rings is 1. The molecule has 94 valence electrons. The Kier molecular flexibility index (Phi) is 3.99. The molecule has 1 heterocycles. The van der Waals surface area contributed by atoms with Gasteiger partial charge in [-0.1, -0.05) is 11.6 Å². The van der Waals surface area contributed by atoms with Crippen molar-refractivity contribution in [1.29, 1.82) is 0 Å². The van der Waals surface area contributed by atoms with E-state index < -0.39 is 0 Å². The summed E-state index contributed by atoms with van der Waals surface area (Å²) >= 11 is 5.94. The van der Waals surface area contributed by atoms with E-state index in [1.165, 1.54) is 6.33 Å². The third-order valence-corrected chi connectivity index (χ3v) is 2.83. The van der Waals surface area contributed by atoms with Gasteiger partial charge in [-0.2, -0.15) is 0 Å². The highest BCUT2D eigenvalue weighted by Crippen LogP contribution is 2.23. The predicted octanol–water partition coefficient (Wildman–Crippen LogP) is 3.58. The van der Waals surface area contributed by atoms with Crippen LogP contribution in [0.2, 0.25) is 5.15 Å². The van der Waals surface area contributed by atoms with E-state index in [2.05, 4.69) is 15.3 Å². The third kappa shape index (κ3) is 2.90. The number of hydrogen-bond donors (Lipinski definition) is 1. The first-order chi connectivity index (χ1) is 8.70. The average molecular weight is 264 g/mol. The highest BCUT2D eigenvalue weighted by atomic mass is 35.5. The Hall–Kier alpha value is -1.81. The van der Waals surface area contributed by atoms with Gasteiger partial charge in [-0.05, 0) is 38.1 Å². The summed E-state index contributed by atoms with van der Waals surface area (Å²) in [5, 5.41) is 3.65. The van der Waals surface area contributed by atoms with Gasteiger partial charge in [-0.3, -0.25) is 0 Å². The normalized spacial score (nSPS) is 10.2. The van der Waals surface area contributed by atoms with Crippen LogP contribution in [0.1, 0.15) is 12.5 Å². The number of anilines is 2. The summed E-state index contributed by atoms with van der Waals surface area (Å²) < 4.78 is 5.38. The lowest BCUT2D eigenvalue weighted by atomic mass is 10.3. The minimum Gasteiger partial charge on any atom is -0.494 e. The first kappa shape index (κ1) is 12.6. The predicted molar refractivity (Wildman–Crippen MR) is 72.7 cm³/mol. The molecule has 1 N–H and O–H groups in total. The molecule has 0 aliphatic carbocycles. The van der Waals surface area contributed by atoms with Crippen LogP contribution in [0.25, 0.3) is 0 Å². The molecule has 2 aromatic rings. The molecule has 0 saturated carbocycles. The molecule has 0 aliphatic heterocycles. The Bertz CT molecular complexity index is 528. The highest BCUT2D eigenvalue weighted by Gasteiger charge is 2.05. The summed E-state index contributed by atoms with van der Waals surface area (Å²) in [5.41, 5.74) is 1.75. The zero-order valence-corrected chi connectivity index (χ0v) is 11.0. The Balaban J connectivity index is 2.16. The Morgan fingerprint density at radius 2 is 1.94 bits per heavy atom. The van der Waals surface area contributed by atoms with Crippen LogP contribution in [0.5, 0.6) is 5.75 Å². The van der Waals surface area contributed by atoms with Crippen LogP contribution in [0.4, 0.5) is 11.5 Å². The smallest absolute Gasteiger partial charge is 0.138 e. The number of ether oxygens (including phenoxy) is 1. The van der Waals surface area contributed by atoms with Crippen LogP contribution in [0.15, 0.2) is 30.6 Å². The van der Waals surface area contributed by atoms with E-state index in [0.717, 1.165) is 17.0 Å². The van der Waals surface area contributed by atoms with Crippen LogP contribution in [-0.4, -0.2) is 16.6 Å². The molecule has 1 aromatic heterocycles. The Morgan fingerprint density at radius 1 is 1.22 bits per heavy atom. The SMILES string of the molecule is CCOc1ccc(Nc2ncnc(Cl)c2C)cc1. The van der Waals surface area contributed by atoms with Crippen molar-refractivity contribution >= 4 is 23.1 Å². The molecule has 0 atom stereocenters. The minimum atomic E-state index is 0.457. The summed E-state index contributed by atoms with van der Waals surface area (Å²) in [7, 11) is 0. The summed E-state index contributed by atoms with van der Waals surface area (Å²) in [5.74, 6) is 1.56. The molecule has 0 bridgehead atoms. The lowest BCUT2D eigenvalue weighted by Gasteiger charge is -2.09. The van der Waals surface area contributed by atoms with E-state index in [1.807, 2.05) is 38.1 Å². The van der Waals surface area contributed by atoms with Crippen molar-refractivity contribution in [3.63, 3.8) is 0 Å². The van der Waals surface area contributed by atoms with Crippen molar-refractivity contribution < 1.29 is 4.74 Å². The van der Waals surface area contributed by atoms with Crippen molar-refractivity contribution in [2.24, 2.45) is 0 Å². The second-order valence-corrected chi connectivity index (χ2v) is 4.08. The summed E-state index contributed by atoms with van der Waals surface area (Å²) in [6, 6.07) is 7.68. The fourth-order valence-corrected chi connectivity index (χ4v) is 1.63. The van der Waals surface area contributed by atoms with Gasteiger partial charge in [0.15, 0.2) is 0 Å². The van der Waals surface area contributed by atoms with Gasteiger partial charge in [0.05, 0.1) is 6.61 Å². The first-order valence-electron chi connectivity index (χ1n) is 5.67. The maximum atomic E-state index is 5.94. The summed E-state index contributed by atoms with van der Waals surface area (Å²) in [6.07, 6.45) is 1.44. The number of halogens is 1. The molecule has 0 radical (unpaired) electrons. The number of hydrogen-bond acceptors (Lipinski definition) is 4. The van der Waals surface area contributed by atoms with Crippen LogP contribution >= 0.6 is 11.6 Å². The van der Waals surface area contributed by atoms with Gasteiger partial charge in [0.1, 0.15) is 23.0 Å². The number of nitrogens with one attached hydrogen (secondary N) is 1. The van der Waals surface area contributed by atoms with Gasteiger partial charge in [0.25, 0.3) is 0 Å². The van der Waals surface area contributed by atoms with Crippen LogP contribution in [0.3, 0.4) is 0 Å². The lowest BCUT2D eigenvalue weighted by molar-refractivity contribution is 0.340. The monoisotopic (exact) mass is 263 g/mol. The molecule has 0 fully saturated rings. The molecular formula is C13H14ClN3O.